The van der Waals surface area contributed by atoms with Gasteiger partial charge in [-0.05, 0) is 36.3 Å². The van der Waals surface area contributed by atoms with E-state index in [0.717, 1.165) is 37.1 Å². The number of alkyl halides is 1. The van der Waals surface area contributed by atoms with Gasteiger partial charge in [-0.2, -0.15) is 0 Å². The van der Waals surface area contributed by atoms with Gasteiger partial charge in [0.2, 0.25) is 0 Å². The van der Waals surface area contributed by atoms with Crippen molar-refractivity contribution in [3.63, 3.8) is 0 Å². The summed E-state index contributed by atoms with van der Waals surface area (Å²) in [6, 6.07) is 6.45. The molecule has 0 atom stereocenters. The Labute approximate surface area is 118 Å². The molecule has 0 aromatic heterocycles. The van der Waals surface area contributed by atoms with Gasteiger partial charge >= 0.3 is 0 Å². The van der Waals surface area contributed by atoms with Gasteiger partial charge in [0, 0.05) is 23.6 Å². The number of halogens is 1. The molecule has 2 nitrogen and oxygen atoms in total. The summed E-state index contributed by atoms with van der Waals surface area (Å²) in [5.41, 5.74) is 2.92. The summed E-state index contributed by atoms with van der Waals surface area (Å²) in [5, 5.41) is 4.52. The van der Waals surface area contributed by atoms with Gasteiger partial charge in [0.25, 0.3) is 0 Å². The molecular weight excluding hydrogens is 290 g/mol. The number of fused-ring (bicyclic) bond motifs is 1. The average Bonchev–Trinajstić information content (AvgIpc) is 2.34. The van der Waals surface area contributed by atoms with Crippen molar-refractivity contribution in [3.8, 4) is 5.75 Å². The third-order valence-corrected chi connectivity index (χ3v) is 4.14. The first-order valence-electron chi connectivity index (χ1n) is 6.71. The standard InChI is InChI=1S/C15H22BrNO/c1-15(2)7-9-17-14-11-12(5-6-13(14)15)18-10-4-3-8-16/h5-6,11,17H,3-4,7-10H2,1-2H3. The first-order chi connectivity index (χ1) is 8.63. The van der Waals surface area contributed by atoms with Crippen LogP contribution in [-0.4, -0.2) is 18.5 Å². The van der Waals surface area contributed by atoms with Crippen molar-refractivity contribution in [3.05, 3.63) is 23.8 Å². The zero-order valence-electron chi connectivity index (χ0n) is 11.3. The molecule has 1 aromatic rings. The average molecular weight is 312 g/mol. The van der Waals surface area contributed by atoms with E-state index in [4.69, 9.17) is 4.74 Å². The Hall–Kier alpha value is -0.700. The van der Waals surface area contributed by atoms with Crippen LogP contribution < -0.4 is 10.1 Å². The molecule has 0 radical (unpaired) electrons. The van der Waals surface area contributed by atoms with E-state index >= 15 is 0 Å². The highest BCUT2D eigenvalue weighted by atomic mass is 79.9. The maximum Gasteiger partial charge on any atom is 0.121 e. The molecule has 0 spiro atoms. The van der Waals surface area contributed by atoms with Crippen LogP contribution in [0.15, 0.2) is 18.2 Å². The molecule has 18 heavy (non-hydrogen) atoms. The van der Waals surface area contributed by atoms with Crippen LogP contribution in [0.1, 0.15) is 38.7 Å². The second-order valence-corrected chi connectivity index (χ2v) is 6.31. The highest BCUT2D eigenvalue weighted by molar-refractivity contribution is 9.09. The SMILES string of the molecule is CC1(C)CCNc2cc(OCCCCBr)ccc21. The topological polar surface area (TPSA) is 21.3 Å². The van der Waals surface area contributed by atoms with E-state index in [9.17, 15) is 0 Å². The van der Waals surface area contributed by atoms with E-state index < -0.39 is 0 Å². The van der Waals surface area contributed by atoms with Crippen molar-refractivity contribution < 1.29 is 4.74 Å². The molecule has 1 aliphatic heterocycles. The molecule has 0 bridgehead atoms. The third-order valence-electron chi connectivity index (χ3n) is 3.58. The minimum atomic E-state index is 0.273. The largest absolute Gasteiger partial charge is 0.494 e. The lowest BCUT2D eigenvalue weighted by Crippen LogP contribution is -2.28. The molecule has 2 rings (SSSR count). The first-order valence-corrected chi connectivity index (χ1v) is 7.83. The molecule has 0 fully saturated rings. The molecule has 0 saturated carbocycles. The van der Waals surface area contributed by atoms with Crippen LogP contribution >= 0.6 is 15.9 Å². The Bertz CT molecular complexity index is 403. The van der Waals surface area contributed by atoms with Crippen LogP contribution in [0.25, 0.3) is 0 Å². The van der Waals surface area contributed by atoms with Gasteiger partial charge < -0.3 is 10.1 Å². The molecular formula is C15H22BrNO. The molecule has 0 unspecified atom stereocenters. The molecule has 100 valence electrons. The molecule has 1 aliphatic rings. The number of nitrogens with one attached hydrogen (secondary N) is 1. The van der Waals surface area contributed by atoms with Crippen LogP contribution in [0, 0.1) is 0 Å². The van der Waals surface area contributed by atoms with Gasteiger partial charge in [-0.3, -0.25) is 0 Å². The van der Waals surface area contributed by atoms with Crippen molar-refractivity contribution in [2.24, 2.45) is 0 Å². The smallest absolute Gasteiger partial charge is 0.121 e. The predicted octanol–water partition coefficient (Wildman–Crippen LogP) is 4.33. The second-order valence-electron chi connectivity index (χ2n) is 5.51. The summed E-state index contributed by atoms with van der Waals surface area (Å²) in [4.78, 5) is 0. The van der Waals surface area contributed by atoms with Crippen LogP contribution in [0.2, 0.25) is 0 Å². The number of unbranched alkanes of at least 4 members (excludes halogenated alkanes) is 1. The van der Waals surface area contributed by atoms with Gasteiger partial charge in [0.1, 0.15) is 5.75 Å². The molecule has 0 saturated heterocycles. The zero-order valence-corrected chi connectivity index (χ0v) is 12.8. The van der Waals surface area contributed by atoms with Crippen LogP contribution in [0.4, 0.5) is 5.69 Å². The molecule has 1 heterocycles. The number of hydrogen-bond donors (Lipinski definition) is 1. The lowest BCUT2D eigenvalue weighted by molar-refractivity contribution is 0.309. The summed E-state index contributed by atoms with van der Waals surface area (Å²) >= 11 is 3.43. The van der Waals surface area contributed by atoms with Crippen molar-refractivity contribution in [2.75, 3.05) is 23.8 Å². The number of benzene rings is 1. The minimum Gasteiger partial charge on any atom is -0.494 e. The lowest BCUT2D eigenvalue weighted by Gasteiger charge is -2.33. The van der Waals surface area contributed by atoms with E-state index in [1.54, 1.807) is 0 Å². The summed E-state index contributed by atoms with van der Waals surface area (Å²) in [5.74, 6) is 0.980. The molecule has 1 N–H and O–H groups in total. The van der Waals surface area contributed by atoms with E-state index in [2.05, 4.69) is 53.3 Å². The Balaban J connectivity index is 2.03. The van der Waals surface area contributed by atoms with E-state index in [1.807, 2.05) is 0 Å². The Morgan fingerprint density at radius 1 is 1.33 bits per heavy atom. The van der Waals surface area contributed by atoms with E-state index in [1.165, 1.54) is 17.7 Å². The monoisotopic (exact) mass is 311 g/mol. The van der Waals surface area contributed by atoms with Gasteiger partial charge in [0.05, 0.1) is 6.61 Å². The Morgan fingerprint density at radius 2 is 2.17 bits per heavy atom. The first kappa shape index (κ1) is 13.7. The van der Waals surface area contributed by atoms with Crippen LogP contribution in [-0.2, 0) is 5.41 Å². The number of hydrogen-bond acceptors (Lipinski definition) is 2. The third kappa shape index (κ3) is 3.19. The normalized spacial score (nSPS) is 16.8. The van der Waals surface area contributed by atoms with Gasteiger partial charge in [0.15, 0.2) is 0 Å². The zero-order chi connectivity index (χ0) is 13.0. The summed E-state index contributed by atoms with van der Waals surface area (Å²) < 4.78 is 5.78. The molecule has 3 heteroatoms. The highest BCUT2D eigenvalue weighted by Gasteiger charge is 2.27. The van der Waals surface area contributed by atoms with Crippen molar-refractivity contribution >= 4 is 21.6 Å². The maximum atomic E-state index is 5.78. The fraction of sp³-hybridized carbons (Fsp3) is 0.600. The molecule has 0 aliphatic carbocycles. The lowest BCUT2D eigenvalue weighted by atomic mass is 9.78. The number of ether oxygens (including phenoxy) is 1. The molecule has 0 amide bonds. The Kier molecular flexibility index (Phi) is 4.55. The van der Waals surface area contributed by atoms with Crippen molar-refractivity contribution in [1.29, 1.82) is 0 Å². The predicted molar refractivity (Wildman–Crippen MR) is 81.1 cm³/mol. The van der Waals surface area contributed by atoms with E-state index in [0.29, 0.717) is 0 Å². The summed E-state index contributed by atoms with van der Waals surface area (Å²) in [6.45, 7) is 6.47. The summed E-state index contributed by atoms with van der Waals surface area (Å²) in [7, 11) is 0. The maximum absolute atomic E-state index is 5.78. The number of rotatable bonds is 5. The van der Waals surface area contributed by atoms with Crippen molar-refractivity contribution in [2.45, 2.75) is 38.5 Å². The van der Waals surface area contributed by atoms with Crippen LogP contribution in [0.3, 0.4) is 0 Å². The second kappa shape index (κ2) is 5.96. The fourth-order valence-electron chi connectivity index (χ4n) is 2.38. The fourth-order valence-corrected chi connectivity index (χ4v) is 2.78. The quantitative estimate of drug-likeness (QED) is 0.645. The van der Waals surface area contributed by atoms with E-state index in [-0.39, 0.29) is 5.41 Å². The van der Waals surface area contributed by atoms with Crippen LogP contribution in [0.5, 0.6) is 5.75 Å². The summed E-state index contributed by atoms with van der Waals surface area (Å²) in [6.07, 6.45) is 3.45. The minimum absolute atomic E-state index is 0.273. The van der Waals surface area contributed by atoms with Gasteiger partial charge in [-0.1, -0.05) is 35.8 Å². The number of anilines is 1. The highest BCUT2D eigenvalue weighted by Crippen LogP contribution is 2.38. The van der Waals surface area contributed by atoms with Crippen molar-refractivity contribution in [1.82, 2.24) is 0 Å². The molecule has 1 aromatic carbocycles. The van der Waals surface area contributed by atoms with Gasteiger partial charge in [-0.15, -0.1) is 0 Å². The van der Waals surface area contributed by atoms with Gasteiger partial charge in [-0.25, -0.2) is 0 Å². The Morgan fingerprint density at radius 3 is 2.94 bits per heavy atom.